The molecule has 0 bridgehead atoms. The lowest BCUT2D eigenvalue weighted by atomic mass is 10.1. The zero-order chi connectivity index (χ0) is 10.6. The third-order valence-corrected chi connectivity index (χ3v) is 3.73. The summed E-state index contributed by atoms with van der Waals surface area (Å²) in [5.41, 5.74) is 2.79. The largest absolute Gasteiger partial charge is 0.351 e. The van der Waals surface area contributed by atoms with Crippen LogP contribution in [0.3, 0.4) is 0 Å². The van der Waals surface area contributed by atoms with Crippen molar-refractivity contribution in [2.45, 2.75) is 12.8 Å². The third-order valence-electron chi connectivity index (χ3n) is 2.81. The van der Waals surface area contributed by atoms with Gasteiger partial charge >= 0.3 is 0 Å². The molecule has 3 rings (SSSR count). The SMILES string of the molecule is O=C1CCc2c1[nH]c1c(Cl)cc(I)cc21. The van der Waals surface area contributed by atoms with Gasteiger partial charge in [0.15, 0.2) is 5.78 Å². The van der Waals surface area contributed by atoms with Crippen molar-refractivity contribution >= 4 is 50.9 Å². The number of Topliss-reactive ketones (excluding diaryl/α,β-unsaturated/α-hetero) is 1. The summed E-state index contributed by atoms with van der Waals surface area (Å²) in [5.74, 6) is 0.201. The maximum atomic E-state index is 11.6. The first-order valence-electron chi connectivity index (χ1n) is 4.69. The van der Waals surface area contributed by atoms with E-state index in [-0.39, 0.29) is 5.78 Å². The van der Waals surface area contributed by atoms with E-state index in [4.69, 9.17) is 11.6 Å². The van der Waals surface area contributed by atoms with Crippen molar-refractivity contribution in [1.29, 1.82) is 0 Å². The van der Waals surface area contributed by atoms with E-state index in [1.54, 1.807) is 0 Å². The van der Waals surface area contributed by atoms with E-state index in [1.165, 1.54) is 0 Å². The molecule has 0 amide bonds. The molecule has 2 aromatic rings. The van der Waals surface area contributed by atoms with Crippen LogP contribution in [0.5, 0.6) is 0 Å². The lowest BCUT2D eigenvalue weighted by molar-refractivity contribution is 0.0991. The van der Waals surface area contributed by atoms with Gasteiger partial charge in [-0.15, -0.1) is 0 Å². The Morgan fingerprint density at radius 2 is 2.13 bits per heavy atom. The second-order valence-electron chi connectivity index (χ2n) is 3.71. The van der Waals surface area contributed by atoms with Gasteiger partial charge in [-0.05, 0) is 46.7 Å². The zero-order valence-electron chi connectivity index (χ0n) is 7.73. The first-order valence-corrected chi connectivity index (χ1v) is 6.15. The fourth-order valence-electron chi connectivity index (χ4n) is 2.13. The zero-order valence-corrected chi connectivity index (χ0v) is 10.6. The number of carbonyl (C=O) groups excluding carboxylic acids is 1. The van der Waals surface area contributed by atoms with Crippen molar-refractivity contribution in [2.75, 3.05) is 0 Å². The number of benzene rings is 1. The monoisotopic (exact) mass is 331 g/mol. The summed E-state index contributed by atoms with van der Waals surface area (Å²) in [6, 6.07) is 3.98. The number of aromatic amines is 1. The van der Waals surface area contributed by atoms with Gasteiger partial charge in [-0.25, -0.2) is 0 Å². The molecule has 2 nitrogen and oxygen atoms in total. The average molecular weight is 332 g/mol. The van der Waals surface area contributed by atoms with Crippen molar-refractivity contribution < 1.29 is 4.79 Å². The molecule has 0 aliphatic heterocycles. The Balaban J connectivity index is 2.44. The molecule has 4 heteroatoms. The number of H-pyrrole nitrogens is 1. The molecule has 0 fully saturated rings. The summed E-state index contributed by atoms with van der Waals surface area (Å²) in [4.78, 5) is 14.7. The molecule has 1 aromatic carbocycles. The Hall–Kier alpha value is -0.550. The Bertz CT molecular complexity index is 588. The summed E-state index contributed by atoms with van der Waals surface area (Å²) in [7, 11) is 0. The molecule has 15 heavy (non-hydrogen) atoms. The Labute approximate surface area is 105 Å². The fraction of sp³-hybridized carbons (Fsp3) is 0.182. The van der Waals surface area contributed by atoms with Crippen LogP contribution in [-0.4, -0.2) is 10.8 Å². The van der Waals surface area contributed by atoms with Crippen LogP contribution in [0, 0.1) is 3.57 Å². The number of fused-ring (bicyclic) bond motifs is 3. The molecular formula is C11H7ClINO. The first kappa shape index (κ1) is 9.66. The molecule has 0 atom stereocenters. The first-order chi connectivity index (χ1) is 7.16. The van der Waals surface area contributed by atoms with Crippen molar-refractivity contribution in [1.82, 2.24) is 4.98 Å². The van der Waals surface area contributed by atoms with Crippen molar-refractivity contribution in [3.63, 3.8) is 0 Å². The number of aromatic nitrogens is 1. The lowest BCUT2D eigenvalue weighted by Gasteiger charge is -1.97. The number of carbonyl (C=O) groups is 1. The third kappa shape index (κ3) is 1.33. The van der Waals surface area contributed by atoms with Gasteiger partial charge in [-0.1, -0.05) is 11.6 Å². The second kappa shape index (κ2) is 3.22. The van der Waals surface area contributed by atoms with E-state index in [9.17, 15) is 4.79 Å². The highest BCUT2D eigenvalue weighted by atomic mass is 127. The molecule has 1 aromatic heterocycles. The lowest BCUT2D eigenvalue weighted by Crippen LogP contribution is -1.91. The number of aryl methyl sites for hydroxylation is 1. The van der Waals surface area contributed by atoms with Crippen LogP contribution in [0.15, 0.2) is 12.1 Å². The average Bonchev–Trinajstić information content (AvgIpc) is 2.68. The van der Waals surface area contributed by atoms with Gasteiger partial charge < -0.3 is 4.98 Å². The highest BCUT2D eigenvalue weighted by Crippen LogP contribution is 2.34. The van der Waals surface area contributed by atoms with Crippen LogP contribution in [0.4, 0.5) is 0 Å². The van der Waals surface area contributed by atoms with Crippen LogP contribution in [0.2, 0.25) is 5.02 Å². The molecule has 1 heterocycles. The van der Waals surface area contributed by atoms with Gasteiger partial charge in [-0.3, -0.25) is 4.79 Å². The topological polar surface area (TPSA) is 32.9 Å². The van der Waals surface area contributed by atoms with E-state index in [2.05, 4.69) is 33.6 Å². The molecule has 0 radical (unpaired) electrons. The van der Waals surface area contributed by atoms with Crippen molar-refractivity contribution in [3.8, 4) is 0 Å². The molecule has 0 saturated heterocycles. The van der Waals surface area contributed by atoms with E-state index >= 15 is 0 Å². The Kier molecular flexibility index (Phi) is 2.07. The van der Waals surface area contributed by atoms with Crippen LogP contribution in [0.25, 0.3) is 10.9 Å². The summed E-state index contributed by atoms with van der Waals surface area (Å²) in [6.45, 7) is 0. The predicted molar refractivity (Wildman–Crippen MR) is 68.7 cm³/mol. The summed E-state index contributed by atoms with van der Waals surface area (Å²) in [6.07, 6.45) is 1.46. The second-order valence-corrected chi connectivity index (χ2v) is 5.36. The minimum Gasteiger partial charge on any atom is -0.351 e. The molecule has 1 N–H and O–H groups in total. The number of hydrogen-bond donors (Lipinski definition) is 1. The number of ketones is 1. The van der Waals surface area contributed by atoms with Gasteiger partial charge in [0.25, 0.3) is 0 Å². The Morgan fingerprint density at radius 1 is 1.33 bits per heavy atom. The van der Waals surface area contributed by atoms with Gasteiger partial charge in [-0.2, -0.15) is 0 Å². The summed E-state index contributed by atoms with van der Waals surface area (Å²) < 4.78 is 1.10. The van der Waals surface area contributed by atoms with Crippen LogP contribution >= 0.6 is 34.2 Å². The number of rotatable bonds is 0. The quantitative estimate of drug-likeness (QED) is 0.736. The Morgan fingerprint density at radius 3 is 2.93 bits per heavy atom. The molecule has 0 spiro atoms. The van der Waals surface area contributed by atoms with Crippen LogP contribution < -0.4 is 0 Å². The number of nitrogens with one attached hydrogen (secondary N) is 1. The number of hydrogen-bond acceptors (Lipinski definition) is 1. The normalized spacial score (nSPS) is 14.9. The molecule has 1 aliphatic carbocycles. The van der Waals surface area contributed by atoms with Gasteiger partial charge in [0.2, 0.25) is 0 Å². The predicted octanol–water partition coefficient (Wildman–Crippen LogP) is 3.55. The molecule has 0 saturated carbocycles. The minimum absolute atomic E-state index is 0.201. The number of halogens is 2. The van der Waals surface area contributed by atoms with Crippen LogP contribution in [0.1, 0.15) is 22.5 Å². The highest BCUT2D eigenvalue weighted by molar-refractivity contribution is 14.1. The standard InChI is InChI=1S/C11H7ClINO/c12-8-4-5(13)3-7-6-1-2-9(15)11(6)14-10(7)8/h3-4,14H,1-2H2. The summed E-state index contributed by atoms with van der Waals surface area (Å²) in [5, 5.41) is 1.80. The smallest absolute Gasteiger partial charge is 0.179 e. The molecule has 1 aliphatic rings. The van der Waals surface area contributed by atoms with E-state index < -0.39 is 0 Å². The van der Waals surface area contributed by atoms with E-state index in [1.807, 2.05) is 6.07 Å². The highest BCUT2D eigenvalue weighted by Gasteiger charge is 2.24. The van der Waals surface area contributed by atoms with E-state index in [0.29, 0.717) is 11.4 Å². The minimum atomic E-state index is 0.201. The molecular weight excluding hydrogens is 324 g/mol. The molecule has 76 valence electrons. The van der Waals surface area contributed by atoms with Crippen molar-refractivity contribution in [2.24, 2.45) is 0 Å². The maximum absolute atomic E-state index is 11.6. The van der Waals surface area contributed by atoms with Gasteiger partial charge in [0.05, 0.1) is 16.2 Å². The van der Waals surface area contributed by atoms with Crippen LogP contribution in [-0.2, 0) is 6.42 Å². The van der Waals surface area contributed by atoms with E-state index in [0.717, 1.165) is 32.2 Å². The van der Waals surface area contributed by atoms with Crippen molar-refractivity contribution in [3.05, 3.63) is 32.0 Å². The van der Waals surface area contributed by atoms with Gasteiger partial charge in [0.1, 0.15) is 0 Å². The van der Waals surface area contributed by atoms with Gasteiger partial charge in [0, 0.05) is 15.4 Å². The maximum Gasteiger partial charge on any atom is 0.179 e. The summed E-state index contributed by atoms with van der Waals surface area (Å²) >= 11 is 8.37. The molecule has 0 unspecified atom stereocenters. The fourth-order valence-corrected chi connectivity index (χ4v) is 3.21.